The van der Waals surface area contributed by atoms with Crippen LogP contribution in [-0.2, 0) is 28.4 Å². The van der Waals surface area contributed by atoms with E-state index >= 15 is 0 Å². The highest BCUT2D eigenvalue weighted by molar-refractivity contribution is 5.33. The lowest BCUT2D eigenvalue weighted by atomic mass is 10.0. The van der Waals surface area contributed by atoms with Gasteiger partial charge in [-0.25, -0.2) is 0 Å². The van der Waals surface area contributed by atoms with Gasteiger partial charge in [-0.05, 0) is 56.0 Å². The number of ether oxygens (including phenoxy) is 2. The SMILES string of the molecule is CCN(Cc1cc(C(F)(F)F)cc(C(F)(F)F)c1)C(O)[C@H]1CC[C@@H](NC2CCOCC2OC)C1. The van der Waals surface area contributed by atoms with Gasteiger partial charge in [-0.3, -0.25) is 4.90 Å². The molecule has 1 aromatic rings. The highest BCUT2D eigenvalue weighted by Gasteiger charge is 2.38. The molecule has 2 N–H and O–H groups in total. The monoisotopic (exact) mass is 498 g/mol. The minimum Gasteiger partial charge on any atom is -0.379 e. The molecule has 34 heavy (non-hydrogen) atoms. The fourth-order valence-electron chi connectivity index (χ4n) is 4.91. The van der Waals surface area contributed by atoms with E-state index in [0.29, 0.717) is 26.1 Å². The van der Waals surface area contributed by atoms with Gasteiger partial charge in [-0.1, -0.05) is 6.92 Å². The Morgan fingerprint density at radius 1 is 1.09 bits per heavy atom. The van der Waals surface area contributed by atoms with Crippen LogP contribution in [0.15, 0.2) is 18.2 Å². The van der Waals surface area contributed by atoms with Gasteiger partial charge in [0.15, 0.2) is 0 Å². The van der Waals surface area contributed by atoms with E-state index in [0.717, 1.165) is 25.0 Å². The molecule has 1 heterocycles. The van der Waals surface area contributed by atoms with Crippen LogP contribution in [0.3, 0.4) is 0 Å². The van der Waals surface area contributed by atoms with E-state index in [-0.39, 0.29) is 48.8 Å². The van der Waals surface area contributed by atoms with Gasteiger partial charge in [0.2, 0.25) is 0 Å². The zero-order valence-electron chi connectivity index (χ0n) is 19.3. The van der Waals surface area contributed by atoms with Crippen molar-refractivity contribution < 1.29 is 40.9 Å². The predicted molar refractivity (Wildman–Crippen MR) is 113 cm³/mol. The fraction of sp³-hybridized carbons (Fsp3) is 0.739. The number of nitrogens with one attached hydrogen (secondary N) is 1. The van der Waals surface area contributed by atoms with Crippen molar-refractivity contribution >= 4 is 0 Å². The first-order valence-electron chi connectivity index (χ1n) is 11.5. The third kappa shape index (κ3) is 6.84. The maximum atomic E-state index is 13.2. The van der Waals surface area contributed by atoms with Crippen LogP contribution in [0, 0.1) is 5.92 Å². The van der Waals surface area contributed by atoms with Crippen LogP contribution in [0.4, 0.5) is 26.3 Å². The first kappa shape index (κ1) is 27.2. The first-order valence-corrected chi connectivity index (χ1v) is 11.5. The number of halogens is 6. The number of aliphatic hydroxyl groups is 1. The quantitative estimate of drug-likeness (QED) is 0.411. The molecule has 0 radical (unpaired) electrons. The van der Waals surface area contributed by atoms with Crippen LogP contribution in [0.25, 0.3) is 0 Å². The Kier molecular flexibility index (Phi) is 8.89. The Hall–Kier alpha value is -1.40. The molecular weight excluding hydrogens is 466 g/mol. The Bertz CT molecular complexity index is 772. The van der Waals surface area contributed by atoms with Crippen LogP contribution in [0.2, 0.25) is 0 Å². The maximum absolute atomic E-state index is 13.2. The summed E-state index contributed by atoms with van der Waals surface area (Å²) in [5.41, 5.74) is -2.84. The molecular formula is C23H32F6N2O3. The molecule has 3 rings (SSSR count). The molecule has 0 spiro atoms. The fourth-order valence-corrected chi connectivity index (χ4v) is 4.91. The number of aliphatic hydroxyl groups excluding tert-OH is 1. The second-order valence-corrected chi connectivity index (χ2v) is 9.07. The Labute approximate surface area is 195 Å². The van der Waals surface area contributed by atoms with Gasteiger partial charge in [-0.2, -0.15) is 26.3 Å². The van der Waals surface area contributed by atoms with Crippen molar-refractivity contribution in [2.45, 2.75) is 75.9 Å². The smallest absolute Gasteiger partial charge is 0.379 e. The zero-order chi connectivity index (χ0) is 25.1. The molecule has 3 unspecified atom stereocenters. The number of nitrogens with zero attached hydrogens (tertiary/aromatic N) is 1. The number of alkyl halides is 6. The van der Waals surface area contributed by atoms with E-state index < -0.39 is 29.7 Å². The Morgan fingerprint density at radius 2 is 1.74 bits per heavy atom. The molecule has 1 saturated heterocycles. The lowest BCUT2D eigenvalue weighted by Gasteiger charge is -2.34. The number of rotatable bonds is 8. The van der Waals surface area contributed by atoms with E-state index in [1.54, 1.807) is 14.0 Å². The lowest BCUT2D eigenvalue weighted by molar-refractivity contribution is -0.143. The van der Waals surface area contributed by atoms with Gasteiger partial charge in [0, 0.05) is 38.3 Å². The van der Waals surface area contributed by atoms with Crippen molar-refractivity contribution in [3.05, 3.63) is 34.9 Å². The second-order valence-electron chi connectivity index (χ2n) is 9.07. The molecule has 1 aliphatic heterocycles. The molecule has 11 heteroatoms. The molecule has 0 aromatic heterocycles. The number of hydrogen-bond acceptors (Lipinski definition) is 5. The third-order valence-corrected chi connectivity index (χ3v) is 6.76. The molecule has 0 bridgehead atoms. The van der Waals surface area contributed by atoms with E-state index in [1.165, 1.54) is 4.90 Å². The molecule has 1 aliphatic carbocycles. The molecule has 0 amide bonds. The highest BCUT2D eigenvalue weighted by atomic mass is 19.4. The summed E-state index contributed by atoms with van der Waals surface area (Å²) in [5.74, 6) is -0.147. The summed E-state index contributed by atoms with van der Waals surface area (Å²) in [6.45, 7) is 2.92. The van der Waals surface area contributed by atoms with Crippen molar-refractivity contribution in [3.63, 3.8) is 0 Å². The lowest BCUT2D eigenvalue weighted by Crippen LogP contribution is -2.50. The number of benzene rings is 1. The van der Waals surface area contributed by atoms with Crippen molar-refractivity contribution in [2.75, 3.05) is 26.9 Å². The first-order chi connectivity index (χ1) is 15.9. The predicted octanol–water partition coefficient (Wildman–Crippen LogP) is 4.43. The van der Waals surface area contributed by atoms with Crippen LogP contribution in [0.5, 0.6) is 0 Å². The molecule has 1 saturated carbocycles. The van der Waals surface area contributed by atoms with Crippen LogP contribution >= 0.6 is 0 Å². The van der Waals surface area contributed by atoms with Crippen molar-refractivity contribution in [1.29, 1.82) is 0 Å². The molecule has 2 aliphatic rings. The summed E-state index contributed by atoms with van der Waals surface area (Å²) in [7, 11) is 1.63. The Balaban J connectivity index is 1.67. The Morgan fingerprint density at radius 3 is 2.29 bits per heavy atom. The normalized spacial score (nSPS) is 27.4. The van der Waals surface area contributed by atoms with Gasteiger partial charge in [-0.15, -0.1) is 0 Å². The number of methoxy groups -OCH3 is 1. The maximum Gasteiger partial charge on any atom is 0.416 e. The molecule has 5 nitrogen and oxygen atoms in total. The van der Waals surface area contributed by atoms with Crippen LogP contribution in [-0.4, -0.2) is 61.3 Å². The zero-order valence-corrected chi connectivity index (χ0v) is 19.3. The van der Waals surface area contributed by atoms with Gasteiger partial charge < -0.3 is 19.9 Å². The summed E-state index contributed by atoms with van der Waals surface area (Å²) in [6.07, 6.45) is -7.87. The van der Waals surface area contributed by atoms with Gasteiger partial charge in [0.05, 0.1) is 23.8 Å². The van der Waals surface area contributed by atoms with Gasteiger partial charge in [0.1, 0.15) is 6.23 Å². The highest BCUT2D eigenvalue weighted by Crippen LogP contribution is 2.37. The molecule has 194 valence electrons. The third-order valence-electron chi connectivity index (χ3n) is 6.76. The van der Waals surface area contributed by atoms with Crippen molar-refractivity contribution in [1.82, 2.24) is 10.2 Å². The van der Waals surface area contributed by atoms with E-state index in [1.807, 2.05) is 0 Å². The summed E-state index contributed by atoms with van der Waals surface area (Å²) in [5, 5.41) is 14.5. The van der Waals surface area contributed by atoms with E-state index in [2.05, 4.69) is 5.32 Å². The van der Waals surface area contributed by atoms with Crippen molar-refractivity contribution in [2.24, 2.45) is 5.92 Å². The topological polar surface area (TPSA) is 54.0 Å². The minimum atomic E-state index is -4.90. The standard InChI is InChI=1S/C23H32F6N2O3/c1-3-31(12-14-8-16(22(24,25)26)11-17(9-14)23(27,28)29)21(32)15-4-5-18(10-15)30-19-6-7-34-13-20(19)33-2/h8-9,11,15,18-21,30,32H,3-7,10,12-13H2,1-2H3/t15-,18+,19?,20?,21?/m0/s1. The van der Waals surface area contributed by atoms with Gasteiger partial charge >= 0.3 is 12.4 Å². The summed E-state index contributed by atoms with van der Waals surface area (Å²) < 4.78 is 90.1. The van der Waals surface area contributed by atoms with Crippen LogP contribution in [0.1, 0.15) is 49.3 Å². The minimum absolute atomic E-state index is 0.0615. The average Bonchev–Trinajstić information content (AvgIpc) is 3.24. The van der Waals surface area contributed by atoms with Crippen LogP contribution < -0.4 is 5.32 Å². The molecule has 2 fully saturated rings. The molecule has 1 aromatic carbocycles. The van der Waals surface area contributed by atoms with E-state index in [9.17, 15) is 31.4 Å². The van der Waals surface area contributed by atoms with Gasteiger partial charge in [0.25, 0.3) is 0 Å². The summed E-state index contributed by atoms with van der Waals surface area (Å²) >= 11 is 0. The summed E-state index contributed by atoms with van der Waals surface area (Å²) in [4.78, 5) is 1.52. The average molecular weight is 499 g/mol. The van der Waals surface area contributed by atoms with E-state index in [4.69, 9.17) is 9.47 Å². The second kappa shape index (κ2) is 11.1. The number of hydrogen-bond donors (Lipinski definition) is 2. The molecule has 5 atom stereocenters. The van der Waals surface area contributed by atoms with Crippen molar-refractivity contribution in [3.8, 4) is 0 Å². The summed E-state index contributed by atoms with van der Waals surface area (Å²) in [6, 6.07) is 1.84. The largest absolute Gasteiger partial charge is 0.416 e.